The Kier molecular flexibility index (Phi) is 9.10. The summed E-state index contributed by atoms with van der Waals surface area (Å²) in [7, 11) is 0. The molecular formula is C22H25ClN4O4. The SMILES string of the molecule is CC(C)CN(CCC#N)C(=O)c1cc(Cl)cc(OCCN(C(=O)O)c2ccncc2)c1. The number of carbonyl (C=O) groups is 2. The zero-order chi connectivity index (χ0) is 22.8. The summed E-state index contributed by atoms with van der Waals surface area (Å²) in [4.78, 5) is 31.2. The largest absolute Gasteiger partial charge is 0.492 e. The van der Waals surface area contributed by atoms with Crippen LogP contribution in [0.3, 0.4) is 0 Å². The van der Waals surface area contributed by atoms with Gasteiger partial charge in [0, 0.05) is 36.1 Å². The van der Waals surface area contributed by atoms with Gasteiger partial charge in [-0.1, -0.05) is 25.4 Å². The number of pyridine rings is 1. The topological polar surface area (TPSA) is 107 Å². The predicted octanol–water partition coefficient (Wildman–Crippen LogP) is 4.31. The minimum atomic E-state index is -1.11. The maximum atomic E-state index is 13.0. The average molecular weight is 445 g/mol. The van der Waals surface area contributed by atoms with Gasteiger partial charge in [0.1, 0.15) is 12.4 Å². The zero-order valence-corrected chi connectivity index (χ0v) is 18.2. The van der Waals surface area contributed by atoms with Gasteiger partial charge in [-0.3, -0.25) is 14.7 Å². The van der Waals surface area contributed by atoms with Crippen LogP contribution in [0, 0.1) is 17.2 Å². The van der Waals surface area contributed by atoms with Crippen LogP contribution in [0.5, 0.6) is 5.75 Å². The van der Waals surface area contributed by atoms with Crippen molar-refractivity contribution in [3.05, 3.63) is 53.3 Å². The summed E-state index contributed by atoms with van der Waals surface area (Å²) >= 11 is 6.18. The molecule has 9 heteroatoms. The van der Waals surface area contributed by atoms with Crippen molar-refractivity contribution >= 4 is 29.3 Å². The Labute approximate surface area is 186 Å². The van der Waals surface area contributed by atoms with Crippen molar-refractivity contribution < 1.29 is 19.4 Å². The van der Waals surface area contributed by atoms with Crippen molar-refractivity contribution in [2.75, 3.05) is 31.1 Å². The molecule has 0 fully saturated rings. The normalized spacial score (nSPS) is 10.4. The van der Waals surface area contributed by atoms with E-state index in [0.29, 0.717) is 35.1 Å². The Morgan fingerprint density at radius 2 is 1.94 bits per heavy atom. The summed E-state index contributed by atoms with van der Waals surface area (Å²) in [6, 6.07) is 9.94. The molecule has 0 bridgehead atoms. The minimum Gasteiger partial charge on any atom is -0.492 e. The molecule has 31 heavy (non-hydrogen) atoms. The van der Waals surface area contributed by atoms with E-state index in [2.05, 4.69) is 11.1 Å². The first-order valence-electron chi connectivity index (χ1n) is 9.82. The molecule has 2 amide bonds. The Morgan fingerprint density at radius 1 is 1.23 bits per heavy atom. The van der Waals surface area contributed by atoms with E-state index in [1.807, 2.05) is 13.8 Å². The minimum absolute atomic E-state index is 0.0622. The molecule has 1 heterocycles. The van der Waals surface area contributed by atoms with Crippen LogP contribution in [0.2, 0.25) is 5.02 Å². The third-order valence-corrected chi connectivity index (χ3v) is 4.49. The number of nitrogens with zero attached hydrogens (tertiary/aromatic N) is 4. The predicted molar refractivity (Wildman–Crippen MR) is 118 cm³/mol. The fraction of sp³-hybridized carbons (Fsp3) is 0.364. The number of anilines is 1. The van der Waals surface area contributed by atoms with Crippen LogP contribution in [0.25, 0.3) is 0 Å². The number of amides is 2. The lowest BCUT2D eigenvalue weighted by Gasteiger charge is -2.24. The molecule has 1 N–H and O–H groups in total. The van der Waals surface area contributed by atoms with Crippen molar-refractivity contribution in [3.8, 4) is 11.8 Å². The van der Waals surface area contributed by atoms with Crippen LogP contribution in [-0.4, -0.2) is 53.2 Å². The molecule has 8 nitrogen and oxygen atoms in total. The number of hydrogen-bond donors (Lipinski definition) is 1. The first kappa shape index (κ1) is 24.0. The lowest BCUT2D eigenvalue weighted by Crippen LogP contribution is -2.35. The summed E-state index contributed by atoms with van der Waals surface area (Å²) < 4.78 is 5.69. The van der Waals surface area contributed by atoms with Crippen LogP contribution in [-0.2, 0) is 0 Å². The standard InChI is InChI=1S/C22H25ClN4O4/c1-16(2)15-26(9-3-6-24)21(28)17-12-18(23)14-20(13-17)31-11-10-27(22(29)30)19-4-7-25-8-5-19/h4-5,7-8,12-14,16H,3,9-11,15H2,1-2H3,(H,29,30). The third-order valence-electron chi connectivity index (χ3n) is 4.27. The monoisotopic (exact) mass is 444 g/mol. The van der Waals surface area contributed by atoms with Gasteiger partial charge in [0.05, 0.1) is 24.7 Å². The highest BCUT2D eigenvalue weighted by Crippen LogP contribution is 2.23. The lowest BCUT2D eigenvalue weighted by atomic mass is 10.1. The smallest absolute Gasteiger partial charge is 0.411 e. The summed E-state index contributed by atoms with van der Waals surface area (Å²) in [6.07, 6.45) is 2.15. The fourth-order valence-electron chi connectivity index (χ4n) is 2.97. The van der Waals surface area contributed by atoms with Crippen molar-refractivity contribution in [2.24, 2.45) is 5.92 Å². The molecule has 0 saturated heterocycles. The Morgan fingerprint density at radius 3 is 2.55 bits per heavy atom. The van der Waals surface area contributed by atoms with Gasteiger partial charge in [0.15, 0.2) is 0 Å². The summed E-state index contributed by atoms with van der Waals surface area (Å²) in [5.74, 6) is 0.369. The number of benzene rings is 1. The van der Waals surface area contributed by atoms with E-state index in [0.717, 1.165) is 4.90 Å². The molecule has 0 aliphatic carbocycles. The molecule has 0 aliphatic rings. The van der Waals surface area contributed by atoms with Gasteiger partial charge in [0.25, 0.3) is 5.91 Å². The van der Waals surface area contributed by atoms with E-state index in [-0.39, 0.29) is 31.4 Å². The molecule has 1 aromatic heterocycles. The van der Waals surface area contributed by atoms with Gasteiger partial charge < -0.3 is 14.7 Å². The second-order valence-corrected chi connectivity index (χ2v) is 7.65. The van der Waals surface area contributed by atoms with Gasteiger partial charge in [-0.25, -0.2) is 4.79 Å². The number of rotatable bonds is 10. The first-order chi connectivity index (χ1) is 14.8. The number of carboxylic acid groups (broad SMARTS) is 1. The van der Waals surface area contributed by atoms with Crippen LogP contribution < -0.4 is 9.64 Å². The van der Waals surface area contributed by atoms with Crippen molar-refractivity contribution in [1.29, 1.82) is 5.26 Å². The molecule has 0 aliphatic heterocycles. The lowest BCUT2D eigenvalue weighted by molar-refractivity contribution is 0.0739. The Bertz CT molecular complexity index is 931. The average Bonchev–Trinajstić information content (AvgIpc) is 2.73. The van der Waals surface area contributed by atoms with Crippen molar-refractivity contribution in [1.82, 2.24) is 9.88 Å². The van der Waals surface area contributed by atoms with E-state index in [1.165, 1.54) is 12.4 Å². The number of nitriles is 1. The van der Waals surface area contributed by atoms with E-state index in [9.17, 15) is 14.7 Å². The zero-order valence-electron chi connectivity index (χ0n) is 17.5. The number of halogens is 1. The van der Waals surface area contributed by atoms with Crippen LogP contribution in [0.4, 0.5) is 10.5 Å². The number of aromatic nitrogens is 1. The van der Waals surface area contributed by atoms with Gasteiger partial charge in [0.2, 0.25) is 0 Å². The van der Waals surface area contributed by atoms with E-state index in [1.54, 1.807) is 35.2 Å². The quantitative estimate of drug-likeness (QED) is 0.585. The second-order valence-electron chi connectivity index (χ2n) is 7.22. The van der Waals surface area contributed by atoms with E-state index in [4.69, 9.17) is 21.6 Å². The molecule has 2 aromatic rings. The van der Waals surface area contributed by atoms with Crippen molar-refractivity contribution in [2.45, 2.75) is 20.3 Å². The molecule has 0 unspecified atom stereocenters. The maximum absolute atomic E-state index is 13.0. The van der Waals surface area contributed by atoms with Gasteiger partial charge in [-0.05, 0) is 36.2 Å². The Hall–Kier alpha value is -3.31. The maximum Gasteiger partial charge on any atom is 0.411 e. The van der Waals surface area contributed by atoms with Crippen LogP contribution in [0.15, 0.2) is 42.7 Å². The van der Waals surface area contributed by atoms with E-state index < -0.39 is 6.09 Å². The van der Waals surface area contributed by atoms with Gasteiger partial charge in [-0.15, -0.1) is 0 Å². The molecule has 2 rings (SSSR count). The molecular weight excluding hydrogens is 420 g/mol. The highest BCUT2D eigenvalue weighted by atomic mass is 35.5. The highest BCUT2D eigenvalue weighted by Gasteiger charge is 2.19. The first-order valence-corrected chi connectivity index (χ1v) is 10.2. The summed E-state index contributed by atoms with van der Waals surface area (Å²) in [6.45, 7) is 4.98. The molecule has 0 saturated carbocycles. The molecule has 0 radical (unpaired) electrons. The van der Waals surface area contributed by atoms with Crippen LogP contribution >= 0.6 is 11.6 Å². The van der Waals surface area contributed by atoms with Crippen molar-refractivity contribution in [3.63, 3.8) is 0 Å². The van der Waals surface area contributed by atoms with Gasteiger partial charge in [-0.2, -0.15) is 5.26 Å². The number of ether oxygens (including phenoxy) is 1. The van der Waals surface area contributed by atoms with Crippen LogP contribution in [0.1, 0.15) is 30.6 Å². The Balaban J connectivity index is 2.10. The number of hydrogen-bond acceptors (Lipinski definition) is 5. The summed E-state index contributed by atoms with van der Waals surface area (Å²) in [5, 5.41) is 18.6. The fourth-order valence-corrected chi connectivity index (χ4v) is 3.19. The second kappa shape index (κ2) is 11.8. The molecule has 0 atom stereocenters. The molecule has 1 aromatic carbocycles. The third kappa shape index (κ3) is 7.46. The summed E-state index contributed by atoms with van der Waals surface area (Å²) in [5.41, 5.74) is 0.834. The number of carbonyl (C=O) groups excluding carboxylic acids is 1. The van der Waals surface area contributed by atoms with E-state index >= 15 is 0 Å². The van der Waals surface area contributed by atoms with Gasteiger partial charge >= 0.3 is 6.09 Å². The molecule has 0 spiro atoms. The highest BCUT2D eigenvalue weighted by molar-refractivity contribution is 6.31. The molecule has 164 valence electrons.